The van der Waals surface area contributed by atoms with E-state index >= 15 is 0 Å². The van der Waals surface area contributed by atoms with Crippen LogP contribution in [0.1, 0.15) is 35.0 Å². The number of aromatic nitrogens is 4. The first-order valence-corrected chi connectivity index (χ1v) is 8.09. The van der Waals surface area contributed by atoms with Gasteiger partial charge in [-0.15, -0.1) is 0 Å². The lowest BCUT2D eigenvalue weighted by Gasteiger charge is -2.31. The zero-order chi connectivity index (χ0) is 17.2. The van der Waals surface area contributed by atoms with Gasteiger partial charge in [0.05, 0.1) is 5.92 Å². The normalized spacial score (nSPS) is 17.6. The Hall–Kier alpha value is -3.03. The number of amides is 1. The molecular formula is C17H16FN5O2. The molecule has 1 aromatic carbocycles. The van der Waals surface area contributed by atoms with Gasteiger partial charge in [0.15, 0.2) is 5.82 Å². The van der Waals surface area contributed by atoms with E-state index in [4.69, 9.17) is 4.52 Å². The second kappa shape index (κ2) is 6.46. The van der Waals surface area contributed by atoms with E-state index in [1.54, 1.807) is 23.4 Å². The van der Waals surface area contributed by atoms with E-state index in [1.165, 1.54) is 18.2 Å². The lowest BCUT2D eigenvalue weighted by Crippen LogP contribution is -2.39. The van der Waals surface area contributed by atoms with Gasteiger partial charge in [0.25, 0.3) is 5.91 Å². The van der Waals surface area contributed by atoms with E-state index in [2.05, 4.69) is 20.1 Å². The molecule has 0 bridgehead atoms. The van der Waals surface area contributed by atoms with E-state index < -0.39 is 5.82 Å². The topological polar surface area (TPSA) is 87.9 Å². The van der Waals surface area contributed by atoms with Crippen LogP contribution in [-0.2, 0) is 0 Å². The van der Waals surface area contributed by atoms with Crippen molar-refractivity contribution in [3.63, 3.8) is 0 Å². The van der Waals surface area contributed by atoms with Crippen LogP contribution in [0.2, 0.25) is 0 Å². The maximum atomic E-state index is 13.4. The number of imidazole rings is 1. The van der Waals surface area contributed by atoms with Crippen molar-refractivity contribution in [2.24, 2.45) is 0 Å². The number of H-pyrrole nitrogens is 1. The molecule has 25 heavy (non-hydrogen) atoms. The number of aromatic amines is 1. The highest BCUT2D eigenvalue weighted by Crippen LogP contribution is 2.27. The molecule has 1 amide bonds. The van der Waals surface area contributed by atoms with Gasteiger partial charge in [-0.1, -0.05) is 11.2 Å². The summed E-state index contributed by atoms with van der Waals surface area (Å²) in [7, 11) is 0. The van der Waals surface area contributed by atoms with Crippen molar-refractivity contribution < 1.29 is 13.7 Å². The first-order valence-electron chi connectivity index (χ1n) is 8.09. The third-order valence-electron chi connectivity index (χ3n) is 4.28. The van der Waals surface area contributed by atoms with Gasteiger partial charge in [-0.3, -0.25) is 4.79 Å². The molecule has 2 aromatic heterocycles. The minimum Gasteiger partial charge on any atom is -0.342 e. The average molecular weight is 341 g/mol. The summed E-state index contributed by atoms with van der Waals surface area (Å²) < 4.78 is 18.7. The van der Waals surface area contributed by atoms with Crippen LogP contribution in [0.15, 0.2) is 41.2 Å². The van der Waals surface area contributed by atoms with Crippen LogP contribution < -0.4 is 0 Å². The van der Waals surface area contributed by atoms with Crippen LogP contribution in [0.25, 0.3) is 11.6 Å². The summed E-state index contributed by atoms with van der Waals surface area (Å²) in [5.74, 6) is 0.784. The molecule has 1 aliphatic heterocycles. The van der Waals surface area contributed by atoms with Crippen LogP contribution in [0.3, 0.4) is 0 Å². The molecule has 4 rings (SSSR count). The highest BCUT2D eigenvalue weighted by atomic mass is 19.1. The number of hydrogen-bond acceptors (Lipinski definition) is 5. The molecule has 0 unspecified atom stereocenters. The molecule has 1 aliphatic rings. The summed E-state index contributed by atoms with van der Waals surface area (Å²) in [5.41, 5.74) is 0.349. The quantitative estimate of drug-likeness (QED) is 0.791. The molecule has 8 heteroatoms. The predicted molar refractivity (Wildman–Crippen MR) is 86.2 cm³/mol. The maximum absolute atomic E-state index is 13.4. The number of benzene rings is 1. The van der Waals surface area contributed by atoms with Crippen LogP contribution in [-0.4, -0.2) is 44.0 Å². The Labute approximate surface area is 142 Å². The van der Waals surface area contributed by atoms with E-state index in [0.29, 0.717) is 36.2 Å². The number of carbonyl (C=O) groups excluding carboxylic acids is 1. The van der Waals surface area contributed by atoms with Crippen LogP contribution in [0.5, 0.6) is 0 Å². The molecular weight excluding hydrogens is 325 g/mol. The van der Waals surface area contributed by atoms with Gasteiger partial charge in [-0.05, 0) is 31.0 Å². The van der Waals surface area contributed by atoms with E-state index in [9.17, 15) is 9.18 Å². The van der Waals surface area contributed by atoms with Crippen molar-refractivity contribution in [3.05, 3.63) is 53.9 Å². The summed E-state index contributed by atoms with van der Waals surface area (Å²) in [6.45, 7) is 1.10. The number of rotatable bonds is 3. The van der Waals surface area contributed by atoms with Gasteiger partial charge >= 0.3 is 0 Å². The molecule has 1 fully saturated rings. The van der Waals surface area contributed by atoms with Gasteiger partial charge in [-0.25, -0.2) is 9.37 Å². The Kier molecular flexibility index (Phi) is 4.01. The number of piperidine rings is 1. The Morgan fingerprint density at radius 1 is 1.40 bits per heavy atom. The van der Waals surface area contributed by atoms with Gasteiger partial charge in [0, 0.05) is 31.0 Å². The standard InChI is InChI=1S/C17H16FN5O2/c18-13-5-1-3-11(9-13)17(24)23-8-2-4-12(10-23)16-21-15(22-25-16)14-19-6-7-20-14/h1,3,5-7,9,12H,2,4,8,10H2,(H,19,20)/t12-/m0/s1. The monoisotopic (exact) mass is 341 g/mol. The second-order valence-electron chi connectivity index (χ2n) is 5.99. The van der Waals surface area contributed by atoms with Crippen molar-refractivity contribution in [2.75, 3.05) is 13.1 Å². The number of hydrogen-bond donors (Lipinski definition) is 1. The van der Waals surface area contributed by atoms with Gasteiger partial charge in [0.1, 0.15) is 5.82 Å². The van der Waals surface area contributed by atoms with Crippen LogP contribution >= 0.6 is 0 Å². The van der Waals surface area contributed by atoms with E-state index in [1.807, 2.05) is 0 Å². The molecule has 3 heterocycles. The van der Waals surface area contributed by atoms with Crippen LogP contribution in [0, 0.1) is 5.82 Å². The van der Waals surface area contributed by atoms with Gasteiger partial charge in [0.2, 0.25) is 11.7 Å². The molecule has 3 aromatic rings. The molecule has 0 aliphatic carbocycles. The number of nitrogens with one attached hydrogen (secondary N) is 1. The SMILES string of the molecule is O=C(c1cccc(F)c1)N1CCC[C@H](c2nc(-c3ncc[nH]3)no2)C1. The zero-order valence-corrected chi connectivity index (χ0v) is 13.4. The first kappa shape index (κ1) is 15.5. The number of carbonyl (C=O) groups is 1. The maximum Gasteiger partial charge on any atom is 0.253 e. The lowest BCUT2D eigenvalue weighted by molar-refractivity contribution is 0.0695. The molecule has 0 spiro atoms. The van der Waals surface area contributed by atoms with Gasteiger partial charge < -0.3 is 14.4 Å². The summed E-state index contributed by atoms with van der Waals surface area (Å²) in [4.78, 5) is 25.7. The summed E-state index contributed by atoms with van der Waals surface area (Å²) in [5, 5.41) is 3.94. The molecule has 0 radical (unpaired) electrons. The fraction of sp³-hybridized carbons (Fsp3) is 0.294. The van der Waals surface area contributed by atoms with E-state index in [0.717, 1.165) is 12.8 Å². The summed E-state index contributed by atoms with van der Waals surface area (Å²) in [6, 6.07) is 5.74. The fourth-order valence-electron chi connectivity index (χ4n) is 3.05. The zero-order valence-electron chi connectivity index (χ0n) is 13.4. The molecule has 1 atom stereocenters. The van der Waals surface area contributed by atoms with E-state index in [-0.39, 0.29) is 11.8 Å². The van der Waals surface area contributed by atoms with Gasteiger partial charge in [-0.2, -0.15) is 4.98 Å². The smallest absolute Gasteiger partial charge is 0.253 e. The van der Waals surface area contributed by atoms with Crippen molar-refractivity contribution in [2.45, 2.75) is 18.8 Å². The number of halogens is 1. The van der Waals surface area contributed by atoms with Crippen molar-refractivity contribution in [3.8, 4) is 11.6 Å². The minimum absolute atomic E-state index is 0.0394. The molecule has 7 nitrogen and oxygen atoms in total. The number of nitrogens with zero attached hydrogens (tertiary/aromatic N) is 4. The molecule has 1 saturated heterocycles. The number of likely N-dealkylation sites (tertiary alicyclic amines) is 1. The third-order valence-corrected chi connectivity index (χ3v) is 4.28. The fourth-order valence-corrected chi connectivity index (χ4v) is 3.05. The van der Waals surface area contributed by atoms with Crippen molar-refractivity contribution >= 4 is 5.91 Å². The summed E-state index contributed by atoms with van der Waals surface area (Å²) >= 11 is 0. The Morgan fingerprint density at radius 3 is 3.12 bits per heavy atom. The van der Waals surface area contributed by atoms with Crippen molar-refractivity contribution in [1.82, 2.24) is 25.0 Å². The molecule has 1 N–H and O–H groups in total. The Balaban J connectivity index is 1.50. The first-order chi connectivity index (χ1) is 12.2. The largest absolute Gasteiger partial charge is 0.342 e. The molecule has 0 saturated carbocycles. The van der Waals surface area contributed by atoms with Crippen molar-refractivity contribution in [1.29, 1.82) is 0 Å². The second-order valence-corrected chi connectivity index (χ2v) is 5.99. The van der Waals surface area contributed by atoms with Crippen LogP contribution in [0.4, 0.5) is 4.39 Å². The third kappa shape index (κ3) is 3.15. The average Bonchev–Trinajstić information content (AvgIpc) is 3.32. The highest BCUT2D eigenvalue weighted by molar-refractivity contribution is 5.94. The highest BCUT2D eigenvalue weighted by Gasteiger charge is 2.29. The minimum atomic E-state index is -0.417. The Bertz CT molecular complexity index is 877. The lowest BCUT2D eigenvalue weighted by atomic mass is 9.97. The Morgan fingerprint density at radius 2 is 2.32 bits per heavy atom. The predicted octanol–water partition coefficient (Wildman–Crippen LogP) is 2.62. The summed E-state index contributed by atoms with van der Waals surface area (Å²) in [6.07, 6.45) is 4.98. The molecule has 128 valence electrons.